The van der Waals surface area contributed by atoms with E-state index < -0.39 is 58.3 Å². The first kappa shape index (κ1) is 26.5. The standard InChI is InChI=1S/C24H32N4O7/c1-5-26(6-2)24(14(3)4,23(34)35)28(17-10-11-18(30)27(12-13-29)20(17)31)21(32)15-8-7-9-16(25)19(15)22(28)33/h7-9,14,17,29H,5-6,10-13H2,1-4H3,(H2-,25,33,34,35)/p+1/t17?,24?,28-/m0/s1. The molecule has 35 heavy (non-hydrogen) atoms. The quantitative estimate of drug-likeness (QED) is 0.257. The summed E-state index contributed by atoms with van der Waals surface area (Å²) in [6, 6.07) is 2.86. The van der Waals surface area contributed by atoms with Gasteiger partial charge >= 0.3 is 17.8 Å². The average molecular weight is 490 g/mol. The predicted molar refractivity (Wildman–Crippen MR) is 125 cm³/mol. The number of likely N-dealkylation sites (tertiary alicyclic amines) is 1. The second-order valence-corrected chi connectivity index (χ2v) is 9.12. The molecule has 2 aliphatic rings. The number of nitrogens with zero attached hydrogens (tertiary/aromatic N) is 3. The summed E-state index contributed by atoms with van der Waals surface area (Å²) in [4.78, 5) is 70.7. The van der Waals surface area contributed by atoms with Crippen LogP contribution in [0.1, 0.15) is 61.3 Å². The third-order valence-electron chi connectivity index (χ3n) is 7.36. The van der Waals surface area contributed by atoms with Crippen molar-refractivity contribution in [1.29, 1.82) is 0 Å². The Balaban J connectivity index is 2.48. The molecule has 0 bridgehead atoms. The van der Waals surface area contributed by atoms with Crippen molar-refractivity contribution in [3.05, 3.63) is 29.3 Å². The van der Waals surface area contributed by atoms with Crippen molar-refractivity contribution in [2.24, 2.45) is 5.92 Å². The number of β-amino-alcohol motifs (C(OH)–C–C–N with tert-alkyl or cyclic N) is 1. The van der Waals surface area contributed by atoms with E-state index in [1.807, 2.05) is 0 Å². The number of carboxylic acid groups (broad SMARTS) is 1. The van der Waals surface area contributed by atoms with Crippen molar-refractivity contribution in [1.82, 2.24) is 9.80 Å². The van der Waals surface area contributed by atoms with Gasteiger partial charge in [-0.25, -0.2) is 19.3 Å². The molecular formula is C24H33N4O7+. The van der Waals surface area contributed by atoms with E-state index in [1.165, 1.54) is 23.1 Å². The number of benzene rings is 1. The Morgan fingerprint density at radius 3 is 2.31 bits per heavy atom. The van der Waals surface area contributed by atoms with Crippen LogP contribution in [0.15, 0.2) is 18.2 Å². The highest BCUT2D eigenvalue weighted by molar-refractivity contribution is 6.19. The van der Waals surface area contributed by atoms with Crippen LogP contribution in [0.25, 0.3) is 0 Å². The van der Waals surface area contributed by atoms with Crippen LogP contribution in [-0.4, -0.2) is 92.0 Å². The Kier molecular flexibility index (Phi) is 7.16. The average Bonchev–Trinajstić information content (AvgIpc) is 3.03. The zero-order chi connectivity index (χ0) is 26.3. The van der Waals surface area contributed by atoms with E-state index >= 15 is 0 Å². The van der Waals surface area contributed by atoms with Gasteiger partial charge in [0.05, 0.1) is 18.7 Å². The number of quaternary nitrogens is 1. The smallest absolute Gasteiger partial charge is 0.383 e. The molecule has 11 heteroatoms. The van der Waals surface area contributed by atoms with Crippen LogP contribution in [0.2, 0.25) is 0 Å². The van der Waals surface area contributed by atoms with Gasteiger partial charge in [-0.3, -0.25) is 14.5 Å². The number of nitrogen functional groups attached to an aromatic ring is 1. The van der Waals surface area contributed by atoms with Crippen molar-refractivity contribution in [3.8, 4) is 0 Å². The summed E-state index contributed by atoms with van der Waals surface area (Å²) in [5.41, 5.74) is 3.79. The van der Waals surface area contributed by atoms with E-state index in [2.05, 4.69) is 0 Å². The van der Waals surface area contributed by atoms with E-state index in [0.717, 1.165) is 4.90 Å². The maximum absolute atomic E-state index is 14.4. The number of fused-ring (bicyclic) bond motifs is 1. The van der Waals surface area contributed by atoms with Crippen LogP contribution < -0.4 is 5.73 Å². The predicted octanol–water partition coefficient (Wildman–Crippen LogP) is 0.668. The Labute approximate surface area is 203 Å². The highest BCUT2D eigenvalue weighted by atomic mass is 16.4. The fourth-order valence-corrected chi connectivity index (χ4v) is 6.03. The maximum Gasteiger partial charge on any atom is 0.383 e. The number of rotatable bonds is 9. The molecule has 4 N–H and O–H groups in total. The number of anilines is 1. The molecule has 190 valence electrons. The summed E-state index contributed by atoms with van der Waals surface area (Å²) in [6.07, 6.45) is -0.386. The lowest BCUT2D eigenvalue weighted by Crippen LogP contribution is -2.84. The van der Waals surface area contributed by atoms with Crippen LogP contribution in [-0.2, 0) is 14.4 Å². The zero-order valence-electron chi connectivity index (χ0n) is 20.5. The number of hydrogen-bond acceptors (Lipinski definition) is 8. The van der Waals surface area contributed by atoms with E-state index in [1.54, 1.807) is 27.7 Å². The lowest BCUT2D eigenvalue weighted by atomic mass is 9.84. The minimum absolute atomic E-state index is 0.00925. The molecule has 2 heterocycles. The summed E-state index contributed by atoms with van der Waals surface area (Å²) >= 11 is 0. The van der Waals surface area contributed by atoms with Crippen molar-refractivity contribution >= 4 is 35.3 Å². The SMILES string of the molecule is CCN(CC)C(C(=O)O)(C(C)C)[N@@+]1(C2CCC(=O)N(CCO)C2=O)C(=O)c2cccc(N)c2C1=O. The van der Waals surface area contributed by atoms with Crippen LogP contribution in [0.3, 0.4) is 0 Å². The Morgan fingerprint density at radius 1 is 1.20 bits per heavy atom. The van der Waals surface area contributed by atoms with Gasteiger partial charge in [0.15, 0.2) is 6.04 Å². The maximum atomic E-state index is 14.4. The van der Waals surface area contributed by atoms with E-state index in [4.69, 9.17) is 5.73 Å². The van der Waals surface area contributed by atoms with Gasteiger partial charge in [-0.1, -0.05) is 33.8 Å². The fraction of sp³-hybridized carbons (Fsp3) is 0.542. The fourth-order valence-electron chi connectivity index (χ4n) is 6.03. The first-order chi connectivity index (χ1) is 16.5. The topological polar surface area (TPSA) is 158 Å². The monoisotopic (exact) mass is 489 g/mol. The second-order valence-electron chi connectivity index (χ2n) is 9.12. The summed E-state index contributed by atoms with van der Waals surface area (Å²) in [6.45, 7) is 6.16. The number of carbonyl (C=O) groups is 5. The third-order valence-corrected chi connectivity index (χ3v) is 7.36. The number of carboxylic acids is 1. The third kappa shape index (κ3) is 3.33. The Hall–Kier alpha value is -3.15. The molecule has 1 aromatic rings. The van der Waals surface area contributed by atoms with Gasteiger partial charge in [0.2, 0.25) is 5.91 Å². The van der Waals surface area contributed by atoms with Crippen LogP contribution in [0.4, 0.5) is 5.69 Å². The van der Waals surface area contributed by atoms with Gasteiger partial charge in [-0.05, 0) is 12.1 Å². The van der Waals surface area contributed by atoms with Gasteiger partial charge in [-0.15, -0.1) is 0 Å². The zero-order valence-corrected chi connectivity index (χ0v) is 20.5. The minimum Gasteiger partial charge on any atom is -0.475 e. The molecule has 1 fully saturated rings. The first-order valence-corrected chi connectivity index (χ1v) is 11.8. The summed E-state index contributed by atoms with van der Waals surface area (Å²) in [7, 11) is 0. The molecule has 0 aliphatic carbocycles. The number of amides is 4. The van der Waals surface area contributed by atoms with Gasteiger partial charge in [-0.2, -0.15) is 4.48 Å². The molecule has 11 nitrogen and oxygen atoms in total. The second kappa shape index (κ2) is 9.48. The van der Waals surface area contributed by atoms with Crippen LogP contribution >= 0.6 is 0 Å². The number of piperidine rings is 1. The lowest BCUT2D eigenvalue weighted by Gasteiger charge is -2.54. The lowest BCUT2D eigenvalue weighted by molar-refractivity contribution is -0.850. The minimum atomic E-state index is -2.17. The summed E-state index contributed by atoms with van der Waals surface area (Å²) < 4.78 is -1.35. The highest BCUT2D eigenvalue weighted by Gasteiger charge is 2.77. The Bertz CT molecular complexity index is 1080. The number of nitrogens with two attached hydrogens (primary N) is 1. The molecule has 4 amide bonds. The molecule has 0 spiro atoms. The highest BCUT2D eigenvalue weighted by Crippen LogP contribution is 2.49. The molecule has 0 radical (unpaired) electrons. The number of hydrogen-bond donors (Lipinski definition) is 3. The van der Waals surface area contributed by atoms with Crippen molar-refractivity contribution in [3.63, 3.8) is 0 Å². The Morgan fingerprint density at radius 2 is 1.83 bits per heavy atom. The molecule has 0 aromatic heterocycles. The van der Waals surface area contributed by atoms with Gasteiger partial charge in [0.25, 0.3) is 11.6 Å². The van der Waals surface area contributed by atoms with E-state index in [9.17, 15) is 34.2 Å². The first-order valence-electron chi connectivity index (χ1n) is 11.8. The number of carbonyl (C=O) groups excluding carboxylic acids is 4. The molecule has 0 saturated carbocycles. The van der Waals surface area contributed by atoms with Crippen LogP contribution in [0.5, 0.6) is 0 Å². The molecule has 1 saturated heterocycles. The number of aliphatic carboxylic acids is 1. The molecule has 3 atom stereocenters. The molecule has 2 aliphatic heterocycles. The molecule has 2 unspecified atom stereocenters. The number of imide groups is 2. The van der Waals surface area contributed by atoms with Crippen LogP contribution in [0, 0.1) is 5.92 Å². The van der Waals surface area contributed by atoms with Gasteiger partial charge in [0.1, 0.15) is 5.56 Å². The van der Waals surface area contributed by atoms with Gasteiger partial charge < -0.3 is 15.9 Å². The molecule has 1 aromatic carbocycles. The summed E-state index contributed by atoms with van der Waals surface area (Å²) in [5.74, 6) is -5.37. The number of aliphatic hydroxyl groups is 1. The van der Waals surface area contributed by atoms with Gasteiger partial charge in [0, 0.05) is 37.5 Å². The normalized spacial score (nSPS) is 24.3. The molecule has 3 rings (SSSR count). The number of aliphatic hydroxyl groups excluding tert-OH is 1. The van der Waals surface area contributed by atoms with Crippen molar-refractivity contribution in [2.75, 3.05) is 32.0 Å². The number of likely N-dealkylation sites (N-methyl/N-ethyl adjacent to an activating group) is 1. The largest absolute Gasteiger partial charge is 0.475 e. The summed E-state index contributed by atoms with van der Waals surface area (Å²) in [5, 5.41) is 20.3. The van der Waals surface area contributed by atoms with E-state index in [0.29, 0.717) is 0 Å². The van der Waals surface area contributed by atoms with E-state index in [-0.39, 0.29) is 49.3 Å². The van der Waals surface area contributed by atoms with Crippen molar-refractivity contribution < 1.29 is 38.7 Å². The van der Waals surface area contributed by atoms with Crippen molar-refractivity contribution in [2.45, 2.75) is 52.2 Å². The molecular weight excluding hydrogens is 456 g/mol.